The summed E-state index contributed by atoms with van der Waals surface area (Å²) in [6, 6.07) is 0.538. The summed E-state index contributed by atoms with van der Waals surface area (Å²) in [5, 5.41) is 3.39. The molecule has 4 heteroatoms. The molecule has 2 heterocycles. The van der Waals surface area contributed by atoms with Gasteiger partial charge in [-0.15, -0.1) is 0 Å². The summed E-state index contributed by atoms with van der Waals surface area (Å²) in [7, 11) is 0. The molecule has 1 fully saturated rings. The molecule has 0 amide bonds. The molecule has 0 bridgehead atoms. The van der Waals surface area contributed by atoms with Gasteiger partial charge in [0.15, 0.2) is 0 Å². The summed E-state index contributed by atoms with van der Waals surface area (Å²) in [5.74, 6) is 1.11. The molecular weight excluding hydrogens is 176 g/mol. The van der Waals surface area contributed by atoms with Crippen molar-refractivity contribution in [1.29, 1.82) is 0 Å². The summed E-state index contributed by atoms with van der Waals surface area (Å²) >= 11 is 0. The van der Waals surface area contributed by atoms with E-state index >= 15 is 0 Å². The van der Waals surface area contributed by atoms with Crippen molar-refractivity contribution in [2.45, 2.75) is 26.4 Å². The topological polar surface area (TPSA) is 33.1 Å². The smallest absolute Gasteiger partial charge is 0.205 e. The number of anilines is 1. The zero-order valence-corrected chi connectivity index (χ0v) is 8.90. The Balaban J connectivity index is 2.20. The van der Waals surface area contributed by atoms with E-state index in [0.717, 1.165) is 32.1 Å². The number of aryl methyl sites for hydroxylation is 1. The van der Waals surface area contributed by atoms with E-state index in [-0.39, 0.29) is 0 Å². The number of hydrogen-bond donors (Lipinski definition) is 1. The number of nitrogens with zero attached hydrogens (tertiary/aromatic N) is 3. The molecule has 0 aliphatic carbocycles. The molecule has 1 aromatic heterocycles. The third-order valence-electron chi connectivity index (χ3n) is 2.79. The van der Waals surface area contributed by atoms with Gasteiger partial charge in [-0.1, -0.05) is 0 Å². The molecule has 14 heavy (non-hydrogen) atoms. The van der Waals surface area contributed by atoms with Crippen molar-refractivity contribution >= 4 is 5.95 Å². The highest BCUT2D eigenvalue weighted by Gasteiger charge is 2.21. The van der Waals surface area contributed by atoms with Crippen LogP contribution >= 0.6 is 0 Å². The maximum atomic E-state index is 4.42. The molecule has 1 saturated heterocycles. The highest BCUT2D eigenvalue weighted by atomic mass is 15.3. The van der Waals surface area contributed by atoms with Gasteiger partial charge in [0.25, 0.3) is 0 Å². The molecule has 1 aliphatic rings. The predicted octanol–water partition coefficient (Wildman–Crippen LogP) is 0.701. The lowest BCUT2D eigenvalue weighted by atomic mass is 10.2. The van der Waals surface area contributed by atoms with Crippen LogP contribution in [0.2, 0.25) is 0 Å². The molecule has 4 nitrogen and oxygen atoms in total. The molecule has 1 aliphatic heterocycles. The van der Waals surface area contributed by atoms with Gasteiger partial charge in [0.1, 0.15) is 0 Å². The molecule has 0 saturated carbocycles. The predicted molar refractivity (Wildman–Crippen MR) is 57.6 cm³/mol. The van der Waals surface area contributed by atoms with E-state index in [1.807, 2.05) is 12.4 Å². The molecule has 0 radical (unpaired) electrons. The summed E-state index contributed by atoms with van der Waals surface area (Å²) < 4.78 is 2.20. The van der Waals surface area contributed by atoms with Gasteiger partial charge in [0.05, 0.1) is 0 Å². The second-order valence-electron chi connectivity index (χ2n) is 3.76. The SMILES string of the molecule is CCn1ccnc1N1CCNC[C@H]1C. The van der Waals surface area contributed by atoms with Gasteiger partial charge >= 0.3 is 0 Å². The Morgan fingerprint density at radius 1 is 1.64 bits per heavy atom. The minimum Gasteiger partial charge on any atom is -0.337 e. The number of hydrogen-bond acceptors (Lipinski definition) is 3. The Labute approximate surface area is 84.9 Å². The lowest BCUT2D eigenvalue weighted by Crippen LogP contribution is -2.50. The Morgan fingerprint density at radius 3 is 3.21 bits per heavy atom. The Kier molecular flexibility index (Phi) is 2.72. The van der Waals surface area contributed by atoms with Crippen LogP contribution in [0.15, 0.2) is 12.4 Å². The molecule has 1 N–H and O–H groups in total. The Morgan fingerprint density at radius 2 is 2.50 bits per heavy atom. The van der Waals surface area contributed by atoms with Crippen LogP contribution in [0.1, 0.15) is 13.8 Å². The van der Waals surface area contributed by atoms with Gasteiger partial charge in [0.2, 0.25) is 5.95 Å². The van der Waals surface area contributed by atoms with Crippen molar-refractivity contribution in [2.24, 2.45) is 0 Å². The van der Waals surface area contributed by atoms with Gasteiger partial charge in [-0.2, -0.15) is 0 Å². The lowest BCUT2D eigenvalue weighted by molar-refractivity contribution is 0.485. The van der Waals surface area contributed by atoms with E-state index in [1.54, 1.807) is 0 Å². The van der Waals surface area contributed by atoms with Crippen molar-refractivity contribution in [2.75, 3.05) is 24.5 Å². The number of rotatable bonds is 2. The first-order valence-corrected chi connectivity index (χ1v) is 5.31. The highest BCUT2D eigenvalue weighted by molar-refractivity contribution is 5.33. The van der Waals surface area contributed by atoms with Crippen LogP contribution in [0.4, 0.5) is 5.95 Å². The average Bonchev–Trinajstić information content (AvgIpc) is 2.66. The maximum Gasteiger partial charge on any atom is 0.205 e. The summed E-state index contributed by atoms with van der Waals surface area (Å²) in [5.41, 5.74) is 0. The van der Waals surface area contributed by atoms with Crippen LogP contribution in [-0.2, 0) is 6.54 Å². The van der Waals surface area contributed by atoms with Crippen LogP contribution in [-0.4, -0.2) is 35.2 Å². The lowest BCUT2D eigenvalue weighted by Gasteiger charge is -2.34. The van der Waals surface area contributed by atoms with Gasteiger partial charge in [-0.05, 0) is 13.8 Å². The minimum absolute atomic E-state index is 0.538. The van der Waals surface area contributed by atoms with E-state index < -0.39 is 0 Å². The third kappa shape index (κ3) is 1.62. The van der Waals surface area contributed by atoms with Crippen LogP contribution < -0.4 is 10.2 Å². The second kappa shape index (κ2) is 4.00. The van der Waals surface area contributed by atoms with Crippen LogP contribution in [0.25, 0.3) is 0 Å². The van der Waals surface area contributed by atoms with E-state index in [9.17, 15) is 0 Å². The maximum absolute atomic E-state index is 4.42. The number of aromatic nitrogens is 2. The standard InChI is InChI=1S/C10H18N4/c1-3-13-6-5-12-10(13)14-7-4-11-8-9(14)2/h5-6,9,11H,3-4,7-8H2,1-2H3/t9-/m1/s1. The number of nitrogens with one attached hydrogen (secondary N) is 1. The zero-order chi connectivity index (χ0) is 9.97. The zero-order valence-electron chi connectivity index (χ0n) is 8.90. The molecule has 78 valence electrons. The van der Waals surface area contributed by atoms with Crippen molar-refractivity contribution in [3.8, 4) is 0 Å². The van der Waals surface area contributed by atoms with E-state index in [0.29, 0.717) is 6.04 Å². The van der Waals surface area contributed by atoms with E-state index in [4.69, 9.17) is 0 Å². The van der Waals surface area contributed by atoms with Crippen molar-refractivity contribution in [1.82, 2.24) is 14.9 Å². The molecule has 0 unspecified atom stereocenters. The van der Waals surface area contributed by atoms with Crippen molar-refractivity contribution in [3.05, 3.63) is 12.4 Å². The molecule has 1 atom stereocenters. The normalized spacial score (nSPS) is 22.7. The summed E-state index contributed by atoms with van der Waals surface area (Å²) in [6.07, 6.45) is 3.93. The van der Waals surface area contributed by atoms with Gasteiger partial charge in [-0.25, -0.2) is 4.98 Å². The Hall–Kier alpha value is -1.03. The monoisotopic (exact) mass is 194 g/mol. The van der Waals surface area contributed by atoms with Gasteiger partial charge in [-0.3, -0.25) is 0 Å². The van der Waals surface area contributed by atoms with E-state index in [2.05, 4.69) is 33.6 Å². The molecule has 2 rings (SSSR count). The molecule has 0 aromatic carbocycles. The van der Waals surface area contributed by atoms with Crippen molar-refractivity contribution < 1.29 is 0 Å². The highest BCUT2D eigenvalue weighted by Crippen LogP contribution is 2.15. The van der Waals surface area contributed by atoms with Crippen LogP contribution in [0, 0.1) is 0 Å². The molecule has 0 spiro atoms. The van der Waals surface area contributed by atoms with Crippen LogP contribution in [0.5, 0.6) is 0 Å². The fraction of sp³-hybridized carbons (Fsp3) is 0.700. The van der Waals surface area contributed by atoms with Crippen molar-refractivity contribution in [3.63, 3.8) is 0 Å². The first-order valence-electron chi connectivity index (χ1n) is 5.31. The first-order chi connectivity index (χ1) is 6.83. The van der Waals surface area contributed by atoms with Gasteiger partial charge in [0, 0.05) is 44.6 Å². The Bertz CT molecular complexity index is 294. The molecular formula is C10H18N4. The second-order valence-corrected chi connectivity index (χ2v) is 3.76. The first kappa shape index (κ1) is 9.52. The quantitative estimate of drug-likeness (QED) is 0.752. The van der Waals surface area contributed by atoms with Crippen LogP contribution in [0.3, 0.4) is 0 Å². The molecule has 1 aromatic rings. The number of piperazine rings is 1. The minimum atomic E-state index is 0.538. The summed E-state index contributed by atoms with van der Waals surface area (Å²) in [6.45, 7) is 8.54. The summed E-state index contributed by atoms with van der Waals surface area (Å²) in [4.78, 5) is 6.80. The van der Waals surface area contributed by atoms with E-state index in [1.165, 1.54) is 0 Å². The fourth-order valence-corrected chi connectivity index (χ4v) is 1.95. The third-order valence-corrected chi connectivity index (χ3v) is 2.79. The largest absolute Gasteiger partial charge is 0.337 e. The number of imidazole rings is 1. The van der Waals surface area contributed by atoms with Gasteiger partial charge < -0.3 is 14.8 Å². The average molecular weight is 194 g/mol. The fourth-order valence-electron chi connectivity index (χ4n) is 1.95.